The Bertz CT molecular complexity index is 487. The Hall–Kier alpha value is -1.06. The summed E-state index contributed by atoms with van der Waals surface area (Å²) in [6, 6.07) is 9.51. The highest BCUT2D eigenvalue weighted by Gasteiger charge is 2.44. The van der Waals surface area contributed by atoms with Crippen molar-refractivity contribution in [2.45, 2.75) is 51.1 Å². The van der Waals surface area contributed by atoms with Crippen LogP contribution in [0.3, 0.4) is 0 Å². The summed E-state index contributed by atoms with van der Waals surface area (Å²) in [5.41, 5.74) is 9.20. The van der Waals surface area contributed by atoms with Gasteiger partial charge in [-0.3, -0.25) is 0 Å². The molecule has 0 radical (unpaired) electrons. The van der Waals surface area contributed by atoms with Crippen molar-refractivity contribution < 1.29 is 0 Å². The van der Waals surface area contributed by atoms with Gasteiger partial charge < -0.3 is 15.5 Å². The lowest BCUT2D eigenvalue weighted by atomic mass is 9.81. The third-order valence-corrected chi connectivity index (χ3v) is 5.65. The van der Waals surface area contributed by atoms with Crippen molar-refractivity contribution in [3.8, 4) is 0 Å². The number of fused-ring (bicyclic) bond motifs is 1. The average Bonchev–Trinajstić information content (AvgIpc) is 2.97. The van der Waals surface area contributed by atoms with Crippen molar-refractivity contribution in [1.82, 2.24) is 4.90 Å². The van der Waals surface area contributed by atoms with Crippen LogP contribution in [-0.4, -0.2) is 42.7 Å². The number of rotatable bonds is 4. The minimum absolute atomic E-state index is 0.145. The summed E-state index contributed by atoms with van der Waals surface area (Å²) in [6.07, 6.45) is 5.14. The summed E-state index contributed by atoms with van der Waals surface area (Å²) < 4.78 is 0. The Kier molecular flexibility index (Phi) is 4.23. The summed E-state index contributed by atoms with van der Waals surface area (Å²) >= 11 is 0. The number of nitrogens with zero attached hydrogens (tertiary/aromatic N) is 2. The fourth-order valence-electron chi connectivity index (χ4n) is 4.48. The zero-order valence-corrected chi connectivity index (χ0v) is 13.5. The van der Waals surface area contributed by atoms with Crippen molar-refractivity contribution in [3.63, 3.8) is 0 Å². The maximum atomic E-state index is 6.32. The number of piperidine rings is 1. The number of anilines is 1. The molecule has 2 fully saturated rings. The summed E-state index contributed by atoms with van der Waals surface area (Å²) in [5.74, 6) is 0. The van der Waals surface area contributed by atoms with Crippen molar-refractivity contribution in [3.05, 3.63) is 29.8 Å². The van der Waals surface area contributed by atoms with E-state index in [0.29, 0.717) is 0 Å². The monoisotopic (exact) mass is 287 g/mol. The van der Waals surface area contributed by atoms with E-state index in [1.165, 1.54) is 50.0 Å². The van der Waals surface area contributed by atoms with Crippen LogP contribution in [0.1, 0.15) is 38.2 Å². The van der Waals surface area contributed by atoms with Gasteiger partial charge in [0.1, 0.15) is 0 Å². The molecule has 3 heteroatoms. The van der Waals surface area contributed by atoms with E-state index in [4.69, 9.17) is 5.73 Å². The highest BCUT2D eigenvalue weighted by atomic mass is 15.3. The summed E-state index contributed by atoms with van der Waals surface area (Å²) in [4.78, 5) is 5.28. The molecule has 0 spiro atoms. The number of benzene rings is 1. The predicted molar refractivity (Wildman–Crippen MR) is 89.8 cm³/mol. The molecule has 2 aliphatic heterocycles. The molecule has 0 aromatic heterocycles. The molecular weight excluding hydrogens is 258 g/mol. The molecule has 1 aromatic rings. The van der Waals surface area contributed by atoms with E-state index in [9.17, 15) is 0 Å². The third-order valence-electron chi connectivity index (χ3n) is 5.65. The van der Waals surface area contributed by atoms with E-state index >= 15 is 0 Å². The molecule has 3 rings (SSSR count). The molecule has 3 nitrogen and oxygen atoms in total. The number of aryl methyl sites for hydroxylation is 1. The van der Waals surface area contributed by atoms with Crippen LogP contribution in [0.2, 0.25) is 0 Å². The molecule has 2 heterocycles. The van der Waals surface area contributed by atoms with Gasteiger partial charge in [-0.05, 0) is 57.7 Å². The van der Waals surface area contributed by atoms with Gasteiger partial charge in [0.2, 0.25) is 0 Å². The van der Waals surface area contributed by atoms with Crippen LogP contribution in [0.15, 0.2) is 24.3 Å². The SMILES string of the molecule is CCN(c1ccccc1C)C1(CN)CCN2CCCC2C1. The second-order valence-corrected chi connectivity index (χ2v) is 6.75. The standard InChI is InChI=1S/C18H29N3/c1-3-21(17-9-5-4-7-15(17)2)18(14-19)10-12-20-11-6-8-16(20)13-18/h4-5,7,9,16H,3,6,8,10-14,19H2,1-2H3. The first-order valence-corrected chi connectivity index (χ1v) is 8.47. The minimum atomic E-state index is 0.145. The number of para-hydroxylation sites is 1. The largest absolute Gasteiger partial charge is 0.365 e. The molecule has 0 bridgehead atoms. The zero-order chi connectivity index (χ0) is 14.9. The van der Waals surface area contributed by atoms with E-state index in [1.54, 1.807) is 0 Å². The van der Waals surface area contributed by atoms with Gasteiger partial charge in [0.05, 0.1) is 5.54 Å². The second kappa shape index (κ2) is 5.98. The number of nitrogens with two attached hydrogens (primary N) is 1. The quantitative estimate of drug-likeness (QED) is 0.924. The average molecular weight is 287 g/mol. The number of likely N-dealkylation sites (N-methyl/N-ethyl adjacent to an activating group) is 1. The molecule has 1 aromatic carbocycles. The molecule has 2 unspecified atom stereocenters. The predicted octanol–water partition coefficient (Wildman–Crippen LogP) is 2.78. The lowest BCUT2D eigenvalue weighted by molar-refractivity contribution is 0.129. The van der Waals surface area contributed by atoms with Gasteiger partial charge in [-0.2, -0.15) is 0 Å². The van der Waals surface area contributed by atoms with Crippen LogP contribution < -0.4 is 10.6 Å². The highest BCUT2D eigenvalue weighted by molar-refractivity contribution is 5.55. The number of hydrogen-bond donors (Lipinski definition) is 1. The van der Waals surface area contributed by atoms with Crippen molar-refractivity contribution >= 4 is 5.69 Å². The summed E-state index contributed by atoms with van der Waals surface area (Å²) in [6.45, 7) is 8.79. The highest BCUT2D eigenvalue weighted by Crippen LogP contribution is 2.39. The molecule has 0 amide bonds. The van der Waals surface area contributed by atoms with Gasteiger partial charge in [-0.1, -0.05) is 18.2 Å². The van der Waals surface area contributed by atoms with Gasteiger partial charge in [0.15, 0.2) is 0 Å². The summed E-state index contributed by atoms with van der Waals surface area (Å²) in [5, 5.41) is 0. The van der Waals surface area contributed by atoms with E-state index < -0.39 is 0 Å². The van der Waals surface area contributed by atoms with E-state index in [0.717, 1.165) is 19.1 Å². The van der Waals surface area contributed by atoms with Gasteiger partial charge >= 0.3 is 0 Å². The molecule has 0 saturated carbocycles. The van der Waals surface area contributed by atoms with Crippen LogP contribution >= 0.6 is 0 Å². The molecular formula is C18H29N3. The minimum Gasteiger partial charge on any atom is -0.365 e. The lowest BCUT2D eigenvalue weighted by Crippen LogP contribution is -2.61. The second-order valence-electron chi connectivity index (χ2n) is 6.75. The fraction of sp³-hybridized carbons (Fsp3) is 0.667. The van der Waals surface area contributed by atoms with Gasteiger partial charge in [0, 0.05) is 31.4 Å². The Morgan fingerprint density at radius 1 is 1.33 bits per heavy atom. The first kappa shape index (κ1) is 14.9. The summed E-state index contributed by atoms with van der Waals surface area (Å²) in [7, 11) is 0. The van der Waals surface area contributed by atoms with Gasteiger partial charge in [-0.25, -0.2) is 0 Å². The van der Waals surface area contributed by atoms with Crippen molar-refractivity contribution in [1.29, 1.82) is 0 Å². The van der Waals surface area contributed by atoms with Crippen molar-refractivity contribution in [2.75, 3.05) is 31.1 Å². The number of hydrogen-bond acceptors (Lipinski definition) is 3. The third kappa shape index (κ3) is 2.58. The van der Waals surface area contributed by atoms with E-state index in [-0.39, 0.29) is 5.54 Å². The molecule has 2 N–H and O–H groups in total. The molecule has 116 valence electrons. The van der Waals surface area contributed by atoms with Crippen LogP contribution in [-0.2, 0) is 0 Å². The first-order chi connectivity index (χ1) is 10.2. The Balaban J connectivity index is 1.91. The smallest absolute Gasteiger partial charge is 0.0551 e. The Morgan fingerprint density at radius 2 is 2.14 bits per heavy atom. The van der Waals surface area contributed by atoms with Crippen LogP contribution in [0.4, 0.5) is 5.69 Å². The fourth-order valence-corrected chi connectivity index (χ4v) is 4.48. The molecule has 2 aliphatic rings. The van der Waals surface area contributed by atoms with Crippen molar-refractivity contribution in [2.24, 2.45) is 5.73 Å². The first-order valence-electron chi connectivity index (χ1n) is 8.47. The normalized spacial score (nSPS) is 29.4. The maximum Gasteiger partial charge on any atom is 0.0551 e. The van der Waals surface area contributed by atoms with Gasteiger partial charge in [-0.15, -0.1) is 0 Å². The zero-order valence-electron chi connectivity index (χ0n) is 13.5. The molecule has 21 heavy (non-hydrogen) atoms. The maximum absolute atomic E-state index is 6.32. The van der Waals surface area contributed by atoms with Crippen LogP contribution in [0.25, 0.3) is 0 Å². The Morgan fingerprint density at radius 3 is 2.86 bits per heavy atom. The van der Waals surface area contributed by atoms with E-state index in [1.807, 2.05) is 0 Å². The van der Waals surface area contributed by atoms with Gasteiger partial charge in [0.25, 0.3) is 0 Å². The topological polar surface area (TPSA) is 32.5 Å². The molecule has 2 atom stereocenters. The van der Waals surface area contributed by atoms with Crippen LogP contribution in [0.5, 0.6) is 0 Å². The molecule has 2 saturated heterocycles. The van der Waals surface area contributed by atoms with Crippen LogP contribution in [0, 0.1) is 6.92 Å². The Labute approximate surface area is 129 Å². The molecule has 0 aliphatic carbocycles. The van der Waals surface area contributed by atoms with E-state index in [2.05, 4.69) is 47.9 Å². The lowest BCUT2D eigenvalue weighted by Gasteiger charge is -2.51.